The number of piperidine rings is 1. The molecule has 3 saturated heterocycles. The van der Waals surface area contributed by atoms with Crippen LogP contribution in [-0.2, 0) is 6.42 Å². The van der Waals surface area contributed by atoms with Crippen molar-refractivity contribution in [1.29, 1.82) is 0 Å². The highest BCUT2D eigenvalue weighted by atomic mass is 28.4. The number of hydrogen-bond donors (Lipinski definition) is 2. The Labute approximate surface area is 325 Å². The zero-order valence-electron chi connectivity index (χ0n) is 33.9. The van der Waals surface area contributed by atoms with Crippen LogP contribution in [-0.4, -0.2) is 88.4 Å². The summed E-state index contributed by atoms with van der Waals surface area (Å²) in [5.41, 5.74) is 0.783. The van der Waals surface area contributed by atoms with E-state index in [9.17, 15) is 10.2 Å². The summed E-state index contributed by atoms with van der Waals surface area (Å²) in [6.45, 7) is 19.3. The Morgan fingerprint density at radius 1 is 0.982 bits per heavy atom. The van der Waals surface area contributed by atoms with Crippen molar-refractivity contribution < 1.29 is 28.2 Å². The molecule has 3 aliphatic rings. The second-order valence-corrected chi connectivity index (χ2v) is 23.0. The molecular weight excluding hydrogens is 717 g/mol. The van der Waals surface area contributed by atoms with Gasteiger partial charge in [0.05, 0.1) is 23.1 Å². The average molecular weight is 776 g/mol. The molecule has 4 aromatic rings. The molecule has 3 aliphatic heterocycles. The molecule has 7 rings (SSSR count). The first-order valence-electron chi connectivity index (χ1n) is 20.4. The molecule has 9 nitrogen and oxygen atoms in total. The number of β-amino-alcohol motifs (C(OH)–C–C–N with tert-alkyl or cyclic N) is 1. The molecule has 0 saturated carbocycles. The van der Waals surface area contributed by atoms with E-state index in [-0.39, 0.29) is 41.2 Å². The van der Waals surface area contributed by atoms with Gasteiger partial charge in [0.1, 0.15) is 35.2 Å². The lowest BCUT2D eigenvalue weighted by Gasteiger charge is -2.42. The number of nitrogens with zero attached hydrogens (tertiary/aromatic N) is 5. The van der Waals surface area contributed by atoms with E-state index < -0.39 is 19.7 Å². The lowest BCUT2D eigenvalue weighted by atomic mass is 9.94. The van der Waals surface area contributed by atoms with E-state index in [1.807, 2.05) is 30.9 Å². The number of aromatic nitrogens is 3. The Morgan fingerprint density at radius 2 is 1.71 bits per heavy atom. The van der Waals surface area contributed by atoms with E-state index in [2.05, 4.69) is 46.4 Å². The highest BCUT2D eigenvalue weighted by Crippen LogP contribution is 2.46. The molecule has 3 atom stereocenters. The maximum Gasteiger partial charge on any atom is 0.319 e. The first kappa shape index (κ1) is 39.8. The van der Waals surface area contributed by atoms with Crippen molar-refractivity contribution in [3.63, 3.8) is 0 Å². The minimum Gasteiger partial charge on any atom is -0.543 e. The smallest absolute Gasteiger partial charge is 0.319 e. The Kier molecular flexibility index (Phi) is 10.9. The van der Waals surface area contributed by atoms with E-state index >= 15 is 8.78 Å². The summed E-state index contributed by atoms with van der Waals surface area (Å²) in [4.78, 5) is 18.7. The number of aliphatic hydroxyl groups is 2. The van der Waals surface area contributed by atoms with Gasteiger partial charge in [-0.2, -0.15) is 9.97 Å². The molecule has 2 aromatic carbocycles. The van der Waals surface area contributed by atoms with Crippen molar-refractivity contribution >= 4 is 35.8 Å². The van der Waals surface area contributed by atoms with Crippen LogP contribution in [0.2, 0.25) is 16.6 Å². The van der Waals surface area contributed by atoms with Gasteiger partial charge in [-0.3, -0.25) is 9.88 Å². The van der Waals surface area contributed by atoms with Crippen LogP contribution in [0.1, 0.15) is 99.5 Å². The van der Waals surface area contributed by atoms with Gasteiger partial charge >= 0.3 is 6.01 Å². The fraction of sp³-hybridized carbons (Fsp3) is 0.605. The molecule has 0 unspecified atom stereocenters. The van der Waals surface area contributed by atoms with Gasteiger partial charge < -0.3 is 24.3 Å². The first-order chi connectivity index (χ1) is 26.1. The summed E-state index contributed by atoms with van der Waals surface area (Å²) in [5.74, 6) is 0.0828. The standard InChI is InChI=1S/C43H59F2N5O4Si/c1-9-32-35(44)13-12-29-20-31(54-55(26(2)3,27(4)5)28(6)7)21-33(36(29)32)38-37(45)39-34(22-46-38)40(49-18-10-15-42(8,52)24-49)48-41(47-39)53-25-43-16-11-19-50(43)30(23-51)14-17-43/h12-13,20-22,26-28,30,51-52H,9-11,14-19,23-25H2,1-8H3/t30-,42-,43-/m1/s1. The highest BCUT2D eigenvalue weighted by molar-refractivity contribution is 6.78. The van der Waals surface area contributed by atoms with E-state index in [1.54, 1.807) is 12.3 Å². The monoisotopic (exact) mass is 775 g/mol. The minimum absolute atomic E-state index is 0.0533. The van der Waals surface area contributed by atoms with Gasteiger partial charge in [-0.25, -0.2) is 8.78 Å². The van der Waals surface area contributed by atoms with Crippen molar-refractivity contribution in [2.45, 2.75) is 134 Å². The topological polar surface area (TPSA) is 104 Å². The Bertz CT molecular complexity index is 2040. The van der Waals surface area contributed by atoms with E-state index in [4.69, 9.17) is 24.1 Å². The molecule has 298 valence electrons. The van der Waals surface area contributed by atoms with Gasteiger partial charge in [0.15, 0.2) is 5.82 Å². The van der Waals surface area contributed by atoms with Gasteiger partial charge in [0.2, 0.25) is 0 Å². The third-order valence-corrected chi connectivity index (χ3v) is 19.1. The van der Waals surface area contributed by atoms with Crippen molar-refractivity contribution in [3.8, 4) is 23.0 Å². The molecule has 2 aromatic heterocycles. The number of pyridine rings is 1. The Morgan fingerprint density at radius 3 is 2.38 bits per heavy atom. The third-order valence-electron chi connectivity index (χ3n) is 13.1. The van der Waals surface area contributed by atoms with Crippen LogP contribution in [0.5, 0.6) is 11.8 Å². The van der Waals surface area contributed by atoms with Crippen LogP contribution < -0.4 is 14.1 Å². The van der Waals surface area contributed by atoms with Crippen molar-refractivity contribution in [3.05, 3.63) is 47.7 Å². The second kappa shape index (κ2) is 15.1. The summed E-state index contributed by atoms with van der Waals surface area (Å²) in [6.07, 6.45) is 7.14. The van der Waals surface area contributed by atoms with Gasteiger partial charge in [0.25, 0.3) is 8.32 Å². The summed E-state index contributed by atoms with van der Waals surface area (Å²) < 4.78 is 46.7. The molecule has 12 heteroatoms. The Hall–Kier alpha value is -3.45. The Balaban J connectivity index is 1.40. The van der Waals surface area contributed by atoms with E-state index in [0.717, 1.165) is 44.0 Å². The predicted octanol–water partition coefficient (Wildman–Crippen LogP) is 8.96. The van der Waals surface area contributed by atoms with Gasteiger partial charge in [-0.15, -0.1) is 0 Å². The minimum atomic E-state index is -2.42. The third kappa shape index (κ3) is 6.99. The summed E-state index contributed by atoms with van der Waals surface area (Å²) in [5, 5.41) is 22.9. The van der Waals surface area contributed by atoms with Crippen molar-refractivity contribution in [1.82, 2.24) is 19.9 Å². The van der Waals surface area contributed by atoms with E-state index in [0.29, 0.717) is 82.6 Å². The summed E-state index contributed by atoms with van der Waals surface area (Å²) in [7, 11) is -2.42. The molecule has 55 heavy (non-hydrogen) atoms. The van der Waals surface area contributed by atoms with Crippen LogP contribution in [0.4, 0.5) is 14.6 Å². The maximum atomic E-state index is 17.6. The van der Waals surface area contributed by atoms with Crippen molar-refractivity contribution in [2.24, 2.45) is 0 Å². The number of rotatable bonds is 12. The molecule has 0 radical (unpaired) electrons. The average Bonchev–Trinajstić information content (AvgIpc) is 3.71. The maximum absolute atomic E-state index is 17.6. The number of aryl methyl sites for hydroxylation is 1. The van der Waals surface area contributed by atoms with Gasteiger partial charge in [-0.1, -0.05) is 54.5 Å². The number of aliphatic hydroxyl groups excluding tert-OH is 1. The molecule has 5 heterocycles. The summed E-state index contributed by atoms with van der Waals surface area (Å²) >= 11 is 0. The predicted molar refractivity (Wildman–Crippen MR) is 218 cm³/mol. The number of benzene rings is 2. The summed E-state index contributed by atoms with van der Waals surface area (Å²) in [6, 6.07) is 7.19. The lowest BCUT2D eigenvalue weighted by molar-refractivity contribution is 0.0446. The SMILES string of the molecule is CCc1c(F)ccc2cc(O[Si](C(C)C)(C(C)C)C(C)C)cc(-c3ncc4c(N5CCC[C@@](C)(O)C5)nc(OC[C@]56CCCN5[C@@H](CO)CC6)nc4c3F)c12. The molecule has 2 N–H and O–H groups in total. The largest absolute Gasteiger partial charge is 0.543 e. The zero-order valence-corrected chi connectivity index (χ0v) is 34.9. The molecule has 0 spiro atoms. The second-order valence-electron chi connectivity index (χ2n) is 17.6. The highest BCUT2D eigenvalue weighted by Gasteiger charge is 2.50. The molecular formula is C43H59F2N5O4Si. The molecule has 0 bridgehead atoms. The molecule has 0 amide bonds. The normalized spacial score (nSPS) is 23.5. The van der Waals surface area contributed by atoms with Crippen LogP contribution in [0.15, 0.2) is 30.5 Å². The number of halogens is 2. The fourth-order valence-corrected chi connectivity index (χ4v) is 15.8. The number of fused-ring (bicyclic) bond motifs is 3. The van der Waals surface area contributed by atoms with E-state index in [1.165, 1.54) is 6.07 Å². The lowest BCUT2D eigenvalue weighted by Crippen LogP contribution is -2.50. The fourth-order valence-electron chi connectivity index (χ4n) is 10.6. The number of hydrogen-bond acceptors (Lipinski definition) is 9. The quantitative estimate of drug-likeness (QED) is 0.137. The van der Waals surface area contributed by atoms with Gasteiger partial charge in [0, 0.05) is 30.9 Å². The van der Waals surface area contributed by atoms with Crippen LogP contribution in [0, 0.1) is 11.6 Å². The molecule has 3 fully saturated rings. The number of ether oxygens (including phenoxy) is 1. The van der Waals surface area contributed by atoms with Crippen LogP contribution >= 0.6 is 0 Å². The number of anilines is 1. The molecule has 0 aliphatic carbocycles. The zero-order chi connectivity index (χ0) is 39.4. The van der Waals surface area contributed by atoms with Crippen LogP contribution in [0.3, 0.4) is 0 Å². The first-order valence-corrected chi connectivity index (χ1v) is 22.6. The van der Waals surface area contributed by atoms with Crippen molar-refractivity contribution in [2.75, 3.05) is 37.7 Å². The van der Waals surface area contributed by atoms with Gasteiger partial charge in [-0.05, 0) is 110 Å². The van der Waals surface area contributed by atoms with Crippen LogP contribution in [0.25, 0.3) is 32.9 Å².